The van der Waals surface area contributed by atoms with Crippen LogP contribution in [0.1, 0.15) is 37.6 Å². The van der Waals surface area contributed by atoms with Crippen molar-refractivity contribution in [2.24, 2.45) is 0 Å². The van der Waals surface area contributed by atoms with Gasteiger partial charge < -0.3 is 15.5 Å². The molecule has 0 fully saturated rings. The number of anilines is 3. The number of aryl methyl sites for hydroxylation is 1. The Labute approximate surface area is 145 Å². The Morgan fingerprint density at radius 1 is 1.04 bits per heavy atom. The third kappa shape index (κ3) is 5.81. The van der Waals surface area contributed by atoms with E-state index in [4.69, 9.17) is 0 Å². The topological polar surface area (TPSA) is 53.1 Å². The SMILES string of the molecule is Cc1nc(NCCCN(C)C)cc(Nc2ccc(C(C)C)cc2)n1. The van der Waals surface area contributed by atoms with E-state index in [-0.39, 0.29) is 0 Å². The van der Waals surface area contributed by atoms with Crippen LogP contribution in [0.3, 0.4) is 0 Å². The Kier molecular flexibility index (Phi) is 6.55. The van der Waals surface area contributed by atoms with E-state index < -0.39 is 0 Å². The van der Waals surface area contributed by atoms with E-state index in [1.54, 1.807) is 0 Å². The zero-order chi connectivity index (χ0) is 17.5. The van der Waals surface area contributed by atoms with Gasteiger partial charge in [0.15, 0.2) is 0 Å². The van der Waals surface area contributed by atoms with Crippen molar-refractivity contribution < 1.29 is 0 Å². The first kappa shape index (κ1) is 18.2. The predicted octanol–water partition coefficient (Wildman–Crippen LogP) is 4.02. The van der Waals surface area contributed by atoms with Crippen molar-refractivity contribution in [2.45, 2.75) is 33.1 Å². The van der Waals surface area contributed by atoms with E-state index in [0.717, 1.165) is 42.7 Å². The molecule has 0 aliphatic rings. The summed E-state index contributed by atoms with van der Waals surface area (Å²) in [5.41, 5.74) is 2.37. The van der Waals surface area contributed by atoms with Gasteiger partial charge in [0, 0.05) is 18.3 Å². The third-order valence-electron chi connectivity index (χ3n) is 3.78. The molecule has 0 spiro atoms. The van der Waals surface area contributed by atoms with Gasteiger partial charge in [-0.15, -0.1) is 0 Å². The molecule has 0 saturated carbocycles. The molecule has 0 atom stereocenters. The summed E-state index contributed by atoms with van der Waals surface area (Å²) in [7, 11) is 4.17. The lowest BCUT2D eigenvalue weighted by atomic mass is 10.0. The molecule has 0 radical (unpaired) electrons. The lowest BCUT2D eigenvalue weighted by Crippen LogP contribution is -2.16. The molecular weight excluding hydrogens is 298 g/mol. The number of nitrogens with one attached hydrogen (secondary N) is 2. The van der Waals surface area contributed by atoms with Gasteiger partial charge in [0.2, 0.25) is 0 Å². The minimum atomic E-state index is 0.540. The summed E-state index contributed by atoms with van der Waals surface area (Å²) in [5.74, 6) is 2.98. The summed E-state index contributed by atoms with van der Waals surface area (Å²) >= 11 is 0. The molecule has 1 aromatic carbocycles. The molecule has 2 rings (SSSR count). The van der Waals surface area contributed by atoms with Crippen LogP contribution in [0.5, 0.6) is 0 Å². The van der Waals surface area contributed by atoms with E-state index in [1.807, 2.05) is 13.0 Å². The number of aromatic nitrogens is 2. The van der Waals surface area contributed by atoms with Gasteiger partial charge in [-0.2, -0.15) is 0 Å². The van der Waals surface area contributed by atoms with Crippen LogP contribution in [-0.4, -0.2) is 42.1 Å². The monoisotopic (exact) mass is 327 g/mol. The van der Waals surface area contributed by atoms with Crippen LogP contribution in [0.2, 0.25) is 0 Å². The zero-order valence-corrected chi connectivity index (χ0v) is 15.4. The number of rotatable bonds is 8. The second-order valence-corrected chi connectivity index (χ2v) is 6.67. The maximum absolute atomic E-state index is 4.47. The van der Waals surface area contributed by atoms with E-state index in [2.05, 4.69) is 77.7 Å². The quantitative estimate of drug-likeness (QED) is 0.717. The summed E-state index contributed by atoms with van der Waals surface area (Å²) in [6.45, 7) is 8.27. The normalized spacial score (nSPS) is 11.1. The van der Waals surface area contributed by atoms with Crippen LogP contribution in [-0.2, 0) is 0 Å². The van der Waals surface area contributed by atoms with Crippen LogP contribution in [0.15, 0.2) is 30.3 Å². The Bertz CT molecular complexity index is 635. The Morgan fingerprint density at radius 3 is 2.33 bits per heavy atom. The van der Waals surface area contributed by atoms with Crippen LogP contribution in [0, 0.1) is 6.92 Å². The lowest BCUT2D eigenvalue weighted by Gasteiger charge is -2.12. The molecule has 2 N–H and O–H groups in total. The summed E-state index contributed by atoms with van der Waals surface area (Å²) < 4.78 is 0. The fourth-order valence-electron chi connectivity index (χ4n) is 2.43. The summed E-state index contributed by atoms with van der Waals surface area (Å²) in [5, 5.41) is 6.73. The first-order valence-corrected chi connectivity index (χ1v) is 8.55. The van der Waals surface area contributed by atoms with Crippen molar-refractivity contribution in [3.05, 3.63) is 41.7 Å². The average Bonchev–Trinajstić information content (AvgIpc) is 2.51. The van der Waals surface area contributed by atoms with Gasteiger partial charge in [0.05, 0.1) is 0 Å². The molecule has 0 aliphatic carbocycles. The third-order valence-corrected chi connectivity index (χ3v) is 3.78. The fourth-order valence-corrected chi connectivity index (χ4v) is 2.43. The number of nitrogens with zero attached hydrogens (tertiary/aromatic N) is 3. The molecule has 1 aromatic heterocycles. The maximum Gasteiger partial charge on any atom is 0.136 e. The number of benzene rings is 1. The lowest BCUT2D eigenvalue weighted by molar-refractivity contribution is 0.405. The highest BCUT2D eigenvalue weighted by atomic mass is 15.1. The first-order chi connectivity index (χ1) is 11.4. The molecule has 0 amide bonds. The van der Waals surface area contributed by atoms with Gasteiger partial charge in [-0.3, -0.25) is 0 Å². The summed E-state index contributed by atoms with van der Waals surface area (Å²) in [6.07, 6.45) is 1.08. The van der Waals surface area contributed by atoms with Gasteiger partial charge in [-0.05, 0) is 57.6 Å². The molecule has 130 valence electrons. The predicted molar refractivity (Wildman–Crippen MR) is 102 cm³/mol. The highest BCUT2D eigenvalue weighted by molar-refractivity contribution is 5.59. The molecule has 0 aliphatic heterocycles. The van der Waals surface area contributed by atoms with Crippen molar-refractivity contribution in [3.8, 4) is 0 Å². The van der Waals surface area contributed by atoms with E-state index >= 15 is 0 Å². The minimum Gasteiger partial charge on any atom is -0.370 e. The van der Waals surface area contributed by atoms with Crippen molar-refractivity contribution in [1.82, 2.24) is 14.9 Å². The second kappa shape index (κ2) is 8.64. The Morgan fingerprint density at radius 2 is 1.71 bits per heavy atom. The van der Waals surface area contributed by atoms with E-state index in [1.165, 1.54) is 5.56 Å². The first-order valence-electron chi connectivity index (χ1n) is 8.55. The molecule has 24 heavy (non-hydrogen) atoms. The van der Waals surface area contributed by atoms with Crippen LogP contribution in [0.4, 0.5) is 17.3 Å². The molecule has 5 nitrogen and oxygen atoms in total. The van der Waals surface area contributed by atoms with Crippen molar-refractivity contribution >= 4 is 17.3 Å². The van der Waals surface area contributed by atoms with Crippen LogP contribution in [0.25, 0.3) is 0 Å². The van der Waals surface area contributed by atoms with Crippen molar-refractivity contribution in [2.75, 3.05) is 37.8 Å². The Balaban J connectivity index is 1.99. The van der Waals surface area contributed by atoms with Crippen molar-refractivity contribution in [3.63, 3.8) is 0 Å². The van der Waals surface area contributed by atoms with Gasteiger partial charge in [0.1, 0.15) is 17.5 Å². The molecule has 0 saturated heterocycles. The summed E-state index contributed by atoms with van der Waals surface area (Å²) in [4.78, 5) is 11.1. The van der Waals surface area contributed by atoms with E-state index in [9.17, 15) is 0 Å². The van der Waals surface area contributed by atoms with E-state index in [0.29, 0.717) is 5.92 Å². The van der Waals surface area contributed by atoms with Gasteiger partial charge in [0.25, 0.3) is 0 Å². The Hall–Kier alpha value is -2.14. The molecular formula is C19H29N5. The highest BCUT2D eigenvalue weighted by Crippen LogP contribution is 2.21. The molecule has 5 heteroatoms. The second-order valence-electron chi connectivity index (χ2n) is 6.67. The fraction of sp³-hybridized carbons (Fsp3) is 0.474. The zero-order valence-electron chi connectivity index (χ0n) is 15.4. The van der Waals surface area contributed by atoms with Gasteiger partial charge in [-0.1, -0.05) is 26.0 Å². The van der Waals surface area contributed by atoms with Crippen molar-refractivity contribution in [1.29, 1.82) is 0 Å². The molecule has 2 aromatic rings. The van der Waals surface area contributed by atoms with Crippen LogP contribution >= 0.6 is 0 Å². The standard InChI is InChI=1S/C19H29N5/c1-14(2)16-7-9-17(10-8-16)23-19-13-18(21-15(3)22-19)20-11-6-12-24(4)5/h7-10,13-14H,6,11-12H2,1-5H3,(H2,20,21,22,23). The minimum absolute atomic E-state index is 0.540. The number of hydrogen-bond donors (Lipinski definition) is 2. The summed E-state index contributed by atoms with van der Waals surface area (Å²) in [6, 6.07) is 10.5. The largest absolute Gasteiger partial charge is 0.370 e. The van der Waals surface area contributed by atoms with Crippen LogP contribution < -0.4 is 10.6 Å². The highest BCUT2D eigenvalue weighted by Gasteiger charge is 2.04. The molecule has 1 heterocycles. The molecule has 0 unspecified atom stereocenters. The number of hydrogen-bond acceptors (Lipinski definition) is 5. The van der Waals surface area contributed by atoms with Gasteiger partial charge >= 0.3 is 0 Å². The smallest absolute Gasteiger partial charge is 0.136 e. The maximum atomic E-state index is 4.47. The molecule has 0 bridgehead atoms. The van der Waals surface area contributed by atoms with Gasteiger partial charge in [-0.25, -0.2) is 9.97 Å². The average molecular weight is 327 g/mol.